The maximum absolute atomic E-state index is 12.7. The van der Waals surface area contributed by atoms with E-state index in [-0.39, 0.29) is 11.4 Å². The van der Waals surface area contributed by atoms with Crippen molar-refractivity contribution in [3.05, 3.63) is 78.0 Å². The molecule has 1 aromatic carbocycles. The lowest BCUT2D eigenvalue weighted by Gasteiger charge is -2.10. The van der Waals surface area contributed by atoms with Crippen LogP contribution in [0, 0.1) is 0 Å². The fraction of sp³-hybridized carbons (Fsp3) is 0.0952. The lowest BCUT2D eigenvalue weighted by Crippen LogP contribution is -2.17. The molecule has 0 aliphatic rings. The average molecular weight is 390 g/mol. The van der Waals surface area contributed by atoms with Crippen molar-refractivity contribution in [2.75, 3.05) is 18.2 Å². The fourth-order valence-electron chi connectivity index (χ4n) is 3.18. The molecule has 4 rings (SSSR count). The largest absolute Gasteiger partial charge is 0.472 e. The average Bonchev–Trinajstić information content (AvgIpc) is 3.36. The van der Waals surface area contributed by atoms with Crippen molar-refractivity contribution >= 4 is 34.3 Å². The van der Waals surface area contributed by atoms with E-state index in [9.17, 15) is 9.59 Å². The van der Waals surface area contributed by atoms with Gasteiger partial charge >= 0.3 is 5.97 Å². The van der Waals surface area contributed by atoms with E-state index in [4.69, 9.17) is 14.9 Å². The lowest BCUT2D eigenvalue weighted by molar-refractivity contribution is 0.0591. The zero-order chi connectivity index (χ0) is 20.4. The number of rotatable bonds is 5. The highest BCUT2D eigenvalue weighted by Gasteiger charge is 2.26. The Morgan fingerprint density at radius 2 is 2.03 bits per heavy atom. The number of ether oxygens (including phenoxy) is 1. The van der Waals surface area contributed by atoms with Gasteiger partial charge in [0.15, 0.2) is 5.69 Å². The summed E-state index contributed by atoms with van der Waals surface area (Å²) in [5, 5.41) is 3.33. The quantitative estimate of drug-likeness (QED) is 0.506. The van der Waals surface area contributed by atoms with Crippen LogP contribution in [0.1, 0.15) is 26.4 Å². The van der Waals surface area contributed by atoms with Gasteiger partial charge in [-0.3, -0.25) is 4.79 Å². The van der Waals surface area contributed by atoms with Crippen molar-refractivity contribution in [2.45, 2.75) is 6.54 Å². The first-order valence-electron chi connectivity index (χ1n) is 8.82. The Morgan fingerprint density at radius 1 is 1.24 bits per heavy atom. The van der Waals surface area contributed by atoms with Crippen molar-refractivity contribution in [3.63, 3.8) is 0 Å². The number of esters is 1. The van der Waals surface area contributed by atoms with Crippen LogP contribution < -0.4 is 11.1 Å². The van der Waals surface area contributed by atoms with Gasteiger partial charge in [0.05, 0.1) is 36.5 Å². The number of nitrogens with one attached hydrogen (secondary N) is 1. The molecule has 0 radical (unpaired) electrons. The van der Waals surface area contributed by atoms with E-state index in [0.717, 1.165) is 5.56 Å². The molecule has 3 heterocycles. The molecule has 0 bridgehead atoms. The summed E-state index contributed by atoms with van der Waals surface area (Å²) < 4.78 is 11.7. The molecule has 0 spiro atoms. The minimum absolute atomic E-state index is 0.182. The maximum atomic E-state index is 12.7. The van der Waals surface area contributed by atoms with Gasteiger partial charge in [0.25, 0.3) is 5.91 Å². The molecular formula is C21H18N4O4. The summed E-state index contributed by atoms with van der Waals surface area (Å²) in [5.74, 6) is -1.02. The third-order valence-corrected chi connectivity index (χ3v) is 4.50. The highest BCUT2D eigenvalue weighted by atomic mass is 16.5. The van der Waals surface area contributed by atoms with Crippen molar-refractivity contribution in [3.8, 4) is 0 Å². The van der Waals surface area contributed by atoms with Crippen molar-refractivity contribution in [1.82, 2.24) is 9.55 Å². The zero-order valence-corrected chi connectivity index (χ0v) is 15.6. The number of amides is 1. The SMILES string of the molecule is COC(=O)c1c(NC(=O)c2ccoc2)c2cc(N)cnc2n1Cc1ccccc1. The second kappa shape index (κ2) is 7.51. The third kappa shape index (κ3) is 3.43. The molecule has 0 fully saturated rings. The number of furan rings is 1. The Labute approximate surface area is 165 Å². The van der Waals surface area contributed by atoms with Crippen molar-refractivity contribution in [1.29, 1.82) is 0 Å². The van der Waals surface area contributed by atoms with E-state index in [2.05, 4.69) is 10.3 Å². The van der Waals surface area contributed by atoms with E-state index in [1.807, 2.05) is 30.3 Å². The van der Waals surface area contributed by atoms with Crippen LogP contribution in [0.25, 0.3) is 11.0 Å². The molecule has 0 atom stereocenters. The summed E-state index contributed by atoms with van der Waals surface area (Å²) in [6, 6.07) is 12.8. The Kier molecular flexibility index (Phi) is 4.74. The minimum atomic E-state index is -0.597. The third-order valence-electron chi connectivity index (χ3n) is 4.50. The molecule has 146 valence electrons. The zero-order valence-electron chi connectivity index (χ0n) is 15.6. The van der Waals surface area contributed by atoms with E-state index in [1.54, 1.807) is 10.6 Å². The number of benzene rings is 1. The highest BCUT2D eigenvalue weighted by Crippen LogP contribution is 2.33. The van der Waals surface area contributed by atoms with Crippen LogP contribution in [0.4, 0.5) is 11.4 Å². The molecule has 0 aliphatic carbocycles. The number of hydrogen-bond donors (Lipinski definition) is 2. The predicted octanol–water partition coefficient (Wildman–Crippen LogP) is 3.30. The summed E-state index contributed by atoms with van der Waals surface area (Å²) in [5.41, 5.74) is 8.58. The lowest BCUT2D eigenvalue weighted by atomic mass is 10.2. The van der Waals surface area contributed by atoms with Gasteiger partial charge in [0.1, 0.15) is 11.9 Å². The summed E-state index contributed by atoms with van der Waals surface area (Å²) in [4.78, 5) is 29.8. The van der Waals surface area contributed by atoms with Crippen LogP contribution in [-0.4, -0.2) is 28.5 Å². The van der Waals surface area contributed by atoms with E-state index in [1.165, 1.54) is 31.9 Å². The number of hydrogen-bond acceptors (Lipinski definition) is 6. The van der Waals surface area contributed by atoms with Crippen LogP contribution in [0.5, 0.6) is 0 Å². The first kappa shape index (κ1) is 18.3. The highest BCUT2D eigenvalue weighted by molar-refractivity contribution is 6.14. The minimum Gasteiger partial charge on any atom is -0.472 e. The first-order valence-corrected chi connectivity index (χ1v) is 8.82. The number of carbonyl (C=O) groups is 2. The van der Waals surface area contributed by atoms with Gasteiger partial charge in [-0.05, 0) is 17.7 Å². The van der Waals surface area contributed by atoms with Gasteiger partial charge in [-0.25, -0.2) is 9.78 Å². The molecule has 1 amide bonds. The standard InChI is InChI=1S/C21H18N4O4/c1-28-21(27)18-17(24-20(26)14-7-8-29-12-14)16-9-15(22)10-23-19(16)25(18)11-13-5-3-2-4-6-13/h2-10,12H,11,22H2,1H3,(H,24,26). The van der Waals surface area contributed by atoms with Gasteiger partial charge in [-0.2, -0.15) is 0 Å². The van der Waals surface area contributed by atoms with Gasteiger partial charge < -0.3 is 24.8 Å². The van der Waals surface area contributed by atoms with Gasteiger partial charge in [-0.15, -0.1) is 0 Å². The number of pyridine rings is 1. The maximum Gasteiger partial charge on any atom is 0.356 e. The molecule has 0 saturated heterocycles. The monoisotopic (exact) mass is 390 g/mol. The summed E-state index contributed by atoms with van der Waals surface area (Å²) >= 11 is 0. The fourth-order valence-corrected chi connectivity index (χ4v) is 3.18. The Morgan fingerprint density at radius 3 is 2.72 bits per heavy atom. The van der Waals surface area contributed by atoms with Crippen molar-refractivity contribution < 1.29 is 18.7 Å². The molecule has 0 aliphatic heterocycles. The second-order valence-electron chi connectivity index (χ2n) is 6.39. The molecule has 29 heavy (non-hydrogen) atoms. The number of nitrogens with two attached hydrogens (primary N) is 1. The molecule has 3 N–H and O–H groups in total. The summed E-state index contributed by atoms with van der Waals surface area (Å²) in [6.07, 6.45) is 4.23. The van der Waals surface area contributed by atoms with Crippen molar-refractivity contribution in [2.24, 2.45) is 0 Å². The second-order valence-corrected chi connectivity index (χ2v) is 6.39. The number of nitrogens with zero attached hydrogens (tertiary/aromatic N) is 2. The van der Waals surface area contributed by atoms with Crippen LogP contribution in [-0.2, 0) is 11.3 Å². The topological polar surface area (TPSA) is 112 Å². The number of nitrogen functional groups attached to an aromatic ring is 1. The Bertz CT molecular complexity index is 1180. The van der Waals surface area contributed by atoms with Gasteiger partial charge in [-0.1, -0.05) is 30.3 Å². The van der Waals surface area contributed by atoms with E-state index < -0.39 is 11.9 Å². The number of carbonyl (C=O) groups excluding carboxylic acids is 2. The molecule has 8 heteroatoms. The molecule has 4 aromatic rings. The molecule has 8 nitrogen and oxygen atoms in total. The number of anilines is 2. The normalized spacial score (nSPS) is 10.8. The van der Waals surface area contributed by atoms with Crippen LogP contribution in [0.3, 0.4) is 0 Å². The summed E-state index contributed by atoms with van der Waals surface area (Å²) in [6.45, 7) is 0.361. The van der Waals surface area contributed by atoms with Gasteiger partial charge in [0, 0.05) is 11.9 Å². The van der Waals surface area contributed by atoms with Gasteiger partial charge in [0.2, 0.25) is 0 Å². The van der Waals surface area contributed by atoms with Crippen LogP contribution >= 0.6 is 0 Å². The predicted molar refractivity (Wildman–Crippen MR) is 108 cm³/mol. The number of fused-ring (bicyclic) bond motifs is 1. The smallest absolute Gasteiger partial charge is 0.356 e. The first-order chi connectivity index (χ1) is 14.1. The van der Waals surface area contributed by atoms with E-state index in [0.29, 0.717) is 28.8 Å². The number of methoxy groups -OCH3 is 1. The van der Waals surface area contributed by atoms with Crippen LogP contribution in [0.2, 0.25) is 0 Å². The van der Waals surface area contributed by atoms with Crippen LogP contribution in [0.15, 0.2) is 65.6 Å². The summed E-state index contributed by atoms with van der Waals surface area (Å²) in [7, 11) is 1.29. The molecule has 0 unspecified atom stereocenters. The molecular weight excluding hydrogens is 372 g/mol. The Balaban J connectivity index is 1.91. The molecule has 3 aromatic heterocycles. The van der Waals surface area contributed by atoms with E-state index >= 15 is 0 Å². The number of aromatic nitrogens is 2. The molecule has 0 saturated carbocycles. The Hall–Kier alpha value is -4.07.